The van der Waals surface area contributed by atoms with Crippen LogP contribution >= 0.6 is 0 Å². The Morgan fingerprint density at radius 3 is 1.26 bits per heavy atom. The lowest BCUT2D eigenvalue weighted by Crippen LogP contribution is -2.05. The van der Waals surface area contributed by atoms with E-state index in [9.17, 15) is 18.0 Å². The molecule has 0 heterocycles. The molecule has 2 rings (SSSR count). The highest BCUT2D eigenvalue weighted by molar-refractivity contribution is 7.91. The molecule has 120 valence electrons. The van der Waals surface area contributed by atoms with Gasteiger partial charge in [-0.2, -0.15) is 0 Å². The molecule has 2 N–H and O–H groups in total. The van der Waals surface area contributed by atoms with Crippen molar-refractivity contribution >= 4 is 22.1 Å². The molecule has 0 unspecified atom stereocenters. The van der Waals surface area contributed by atoms with Gasteiger partial charge in [0, 0.05) is 0 Å². The zero-order valence-corrected chi connectivity index (χ0v) is 12.2. The molecule has 23 heavy (non-hydrogen) atoms. The van der Waals surface area contributed by atoms with Gasteiger partial charge in [-0.05, 0) is 48.5 Å². The van der Waals surface area contributed by atoms with Crippen LogP contribution in [0.3, 0.4) is 0 Å². The van der Waals surface area contributed by atoms with Crippen molar-refractivity contribution in [3.63, 3.8) is 0 Å². The molecule has 2 aromatic carbocycles. The molecule has 0 saturated carbocycles. The summed E-state index contributed by atoms with van der Waals surface area (Å²) in [6.45, 7) is 0. The van der Waals surface area contributed by atoms with Gasteiger partial charge in [0.05, 0.1) is 9.79 Å². The largest absolute Gasteiger partial charge is 0.511 e. The Bertz CT molecular complexity index is 757. The number of sulfone groups is 1. The van der Waals surface area contributed by atoms with Crippen molar-refractivity contribution in [2.45, 2.75) is 9.79 Å². The van der Waals surface area contributed by atoms with Gasteiger partial charge in [-0.15, -0.1) is 0 Å². The Morgan fingerprint density at radius 2 is 1.00 bits per heavy atom. The number of ether oxygens (including phenoxy) is 2. The van der Waals surface area contributed by atoms with E-state index < -0.39 is 22.1 Å². The first-order chi connectivity index (χ1) is 10.8. The van der Waals surface area contributed by atoms with Crippen molar-refractivity contribution in [2.24, 2.45) is 0 Å². The smallest absolute Gasteiger partial charge is 0.449 e. The minimum absolute atomic E-state index is 0.0124. The zero-order valence-electron chi connectivity index (χ0n) is 11.4. The fraction of sp³-hybridized carbons (Fsp3) is 0. The third kappa shape index (κ3) is 3.98. The lowest BCUT2D eigenvalue weighted by Gasteiger charge is -2.06. The summed E-state index contributed by atoms with van der Waals surface area (Å²) in [6.07, 6.45) is -3.01. The summed E-state index contributed by atoms with van der Waals surface area (Å²) in [4.78, 5) is 20.6. The minimum atomic E-state index is -3.84. The normalized spacial score (nSPS) is 10.8. The van der Waals surface area contributed by atoms with Crippen LogP contribution in [0.4, 0.5) is 9.59 Å². The molecule has 9 heteroatoms. The number of carboxylic acid groups (broad SMARTS) is 2. The number of benzene rings is 2. The lowest BCUT2D eigenvalue weighted by atomic mass is 10.3. The van der Waals surface area contributed by atoms with Crippen molar-refractivity contribution in [2.75, 3.05) is 0 Å². The maximum Gasteiger partial charge on any atom is 0.511 e. The molecule has 0 aliphatic carbocycles. The second-order valence-corrected chi connectivity index (χ2v) is 6.13. The van der Waals surface area contributed by atoms with Crippen molar-refractivity contribution in [1.82, 2.24) is 0 Å². The molecular formula is C14H10O8S. The van der Waals surface area contributed by atoms with E-state index in [4.69, 9.17) is 10.2 Å². The molecule has 8 nitrogen and oxygen atoms in total. The molecular weight excluding hydrogens is 328 g/mol. The second-order valence-electron chi connectivity index (χ2n) is 4.18. The molecule has 0 spiro atoms. The van der Waals surface area contributed by atoms with Crippen LogP contribution in [0.2, 0.25) is 0 Å². The Hall–Kier alpha value is -3.07. The highest BCUT2D eigenvalue weighted by Gasteiger charge is 2.18. The molecule has 0 aliphatic heterocycles. The number of carbonyl (C=O) groups is 2. The Morgan fingerprint density at radius 1 is 0.696 bits per heavy atom. The lowest BCUT2D eigenvalue weighted by molar-refractivity contribution is 0.143. The van der Waals surface area contributed by atoms with E-state index in [1.165, 1.54) is 48.5 Å². The molecule has 0 aromatic heterocycles. The van der Waals surface area contributed by atoms with E-state index in [1.807, 2.05) is 0 Å². The summed E-state index contributed by atoms with van der Waals surface area (Å²) in [5.41, 5.74) is 0. The number of hydrogen-bond acceptors (Lipinski definition) is 6. The van der Waals surface area contributed by atoms with Gasteiger partial charge in [0.1, 0.15) is 11.5 Å². The first-order valence-corrected chi connectivity index (χ1v) is 7.54. The first kappa shape index (κ1) is 16.3. The van der Waals surface area contributed by atoms with Crippen molar-refractivity contribution in [3.05, 3.63) is 48.5 Å². The summed E-state index contributed by atoms with van der Waals surface area (Å²) in [7, 11) is -3.84. The minimum Gasteiger partial charge on any atom is -0.449 e. The van der Waals surface area contributed by atoms with Gasteiger partial charge in [0.15, 0.2) is 0 Å². The average Bonchev–Trinajstić information content (AvgIpc) is 2.47. The monoisotopic (exact) mass is 338 g/mol. The Balaban J connectivity index is 2.27. The average molecular weight is 338 g/mol. The van der Waals surface area contributed by atoms with E-state index in [1.54, 1.807) is 0 Å². The van der Waals surface area contributed by atoms with Gasteiger partial charge in [-0.25, -0.2) is 18.0 Å². The van der Waals surface area contributed by atoms with Crippen LogP contribution in [-0.2, 0) is 9.84 Å². The van der Waals surface area contributed by atoms with Crippen LogP contribution in [0.25, 0.3) is 0 Å². The fourth-order valence-corrected chi connectivity index (χ4v) is 2.97. The predicted octanol–water partition coefficient (Wildman–Crippen LogP) is 2.63. The van der Waals surface area contributed by atoms with E-state index >= 15 is 0 Å². The predicted molar refractivity (Wildman–Crippen MR) is 75.6 cm³/mol. The number of rotatable bonds is 4. The summed E-state index contributed by atoms with van der Waals surface area (Å²) < 4.78 is 33.6. The quantitative estimate of drug-likeness (QED) is 0.643. The van der Waals surface area contributed by atoms with E-state index in [-0.39, 0.29) is 21.3 Å². The van der Waals surface area contributed by atoms with Crippen molar-refractivity contribution in [1.29, 1.82) is 0 Å². The van der Waals surface area contributed by atoms with Crippen LogP contribution in [0.5, 0.6) is 11.5 Å². The summed E-state index contributed by atoms with van der Waals surface area (Å²) >= 11 is 0. The zero-order chi connectivity index (χ0) is 17.0. The third-order valence-electron chi connectivity index (χ3n) is 2.68. The van der Waals surface area contributed by atoms with E-state index in [0.29, 0.717) is 0 Å². The highest BCUT2D eigenvalue weighted by atomic mass is 32.2. The topological polar surface area (TPSA) is 127 Å². The molecule has 0 atom stereocenters. The summed E-state index contributed by atoms with van der Waals surface area (Å²) in [6, 6.07) is 9.66. The molecule has 0 bridgehead atoms. The maximum absolute atomic E-state index is 12.4. The molecule has 2 aromatic rings. The molecule has 0 saturated heterocycles. The maximum atomic E-state index is 12.4. The summed E-state index contributed by atoms with van der Waals surface area (Å²) in [5, 5.41) is 16.9. The Kier molecular flexibility index (Phi) is 4.51. The van der Waals surface area contributed by atoms with E-state index in [2.05, 4.69) is 9.47 Å². The van der Waals surface area contributed by atoms with E-state index in [0.717, 1.165) is 0 Å². The van der Waals surface area contributed by atoms with Gasteiger partial charge in [0.2, 0.25) is 9.84 Å². The van der Waals surface area contributed by atoms with Crippen molar-refractivity contribution < 1.29 is 37.7 Å². The SMILES string of the molecule is O=C(O)Oc1ccc(S(=O)(=O)c2ccc(OC(=O)O)cc2)cc1. The molecule has 0 radical (unpaired) electrons. The second kappa shape index (κ2) is 6.36. The standard InChI is InChI=1S/C14H10O8S/c15-13(16)21-9-1-5-11(6-2-9)23(19,20)12-7-3-10(4-8-12)22-14(17)18/h1-8H,(H,15,16)(H,17,18). The molecule has 0 amide bonds. The van der Waals surface area contributed by atoms with Gasteiger partial charge in [-0.1, -0.05) is 0 Å². The molecule has 0 fully saturated rings. The third-order valence-corrected chi connectivity index (χ3v) is 4.46. The van der Waals surface area contributed by atoms with Gasteiger partial charge >= 0.3 is 12.3 Å². The van der Waals surface area contributed by atoms with Crippen molar-refractivity contribution in [3.8, 4) is 11.5 Å². The van der Waals surface area contributed by atoms with Crippen LogP contribution in [0.15, 0.2) is 58.3 Å². The fourth-order valence-electron chi connectivity index (χ4n) is 1.71. The van der Waals surface area contributed by atoms with Crippen LogP contribution in [-0.4, -0.2) is 30.9 Å². The number of hydrogen-bond donors (Lipinski definition) is 2. The van der Waals surface area contributed by atoms with Gasteiger partial charge < -0.3 is 19.7 Å². The van der Waals surface area contributed by atoms with Gasteiger partial charge in [-0.3, -0.25) is 0 Å². The van der Waals surface area contributed by atoms with Crippen LogP contribution < -0.4 is 9.47 Å². The first-order valence-electron chi connectivity index (χ1n) is 6.06. The summed E-state index contributed by atoms with van der Waals surface area (Å²) in [5.74, 6) is -0.0247. The van der Waals surface area contributed by atoms with Gasteiger partial charge in [0.25, 0.3) is 0 Å². The Labute approximate surface area is 130 Å². The molecule has 0 aliphatic rings. The van der Waals surface area contributed by atoms with Crippen LogP contribution in [0, 0.1) is 0 Å². The van der Waals surface area contributed by atoms with Crippen LogP contribution in [0.1, 0.15) is 0 Å². The highest BCUT2D eigenvalue weighted by Crippen LogP contribution is 2.25.